The van der Waals surface area contributed by atoms with Gasteiger partial charge in [-0.1, -0.05) is 0 Å². The number of rotatable bonds is 3. The number of aromatic nitrogens is 4. The zero-order valence-electron chi connectivity index (χ0n) is 8.81. The molecular formula is C10H13N5S. The molecule has 1 aliphatic rings. The van der Waals surface area contributed by atoms with Gasteiger partial charge in [0.25, 0.3) is 0 Å². The molecule has 1 aliphatic heterocycles. The first-order chi connectivity index (χ1) is 7.92. The van der Waals surface area contributed by atoms with Gasteiger partial charge < -0.3 is 5.32 Å². The third-order valence-corrected chi connectivity index (χ3v) is 3.69. The van der Waals surface area contributed by atoms with E-state index >= 15 is 0 Å². The van der Waals surface area contributed by atoms with E-state index in [1.807, 2.05) is 0 Å². The molecule has 5 nitrogen and oxygen atoms in total. The first-order valence-corrected chi connectivity index (χ1v) is 6.33. The Morgan fingerprint density at radius 2 is 2.50 bits per heavy atom. The van der Waals surface area contributed by atoms with Gasteiger partial charge in [-0.25, -0.2) is 9.97 Å². The molecule has 6 heteroatoms. The average Bonchev–Trinajstić information content (AvgIpc) is 2.99. The summed E-state index contributed by atoms with van der Waals surface area (Å²) in [4.78, 5) is 8.66. The Balaban J connectivity index is 1.72. The van der Waals surface area contributed by atoms with Crippen LogP contribution in [0.5, 0.6) is 0 Å². The van der Waals surface area contributed by atoms with E-state index in [1.165, 1.54) is 19.2 Å². The monoisotopic (exact) mass is 235 g/mol. The van der Waals surface area contributed by atoms with Gasteiger partial charge in [0, 0.05) is 17.8 Å². The van der Waals surface area contributed by atoms with Crippen LogP contribution in [0.4, 0.5) is 0 Å². The van der Waals surface area contributed by atoms with Gasteiger partial charge in [0.2, 0.25) is 0 Å². The van der Waals surface area contributed by atoms with Gasteiger partial charge >= 0.3 is 0 Å². The highest BCUT2D eigenvalue weighted by Gasteiger charge is 2.16. The molecule has 2 aromatic heterocycles. The maximum atomic E-state index is 4.56. The van der Waals surface area contributed by atoms with Crippen molar-refractivity contribution in [2.75, 3.05) is 6.54 Å². The summed E-state index contributed by atoms with van der Waals surface area (Å²) in [5.74, 6) is 0.760. The molecule has 1 saturated heterocycles. The smallest absolute Gasteiger partial charge is 0.184 e. The van der Waals surface area contributed by atoms with Crippen molar-refractivity contribution in [3.8, 4) is 10.8 Å². The zero-order chi connectivity index (χ0) is 10.8. The van der Waals surface area contributed by atoms with E-state index in [0.29, 0.717) is 6.04 Å². The Kier molecular flexibility index (Phi) is 2.67. The summed E-state index contributed by atoms with van der Waals surface area (Å²) in [5.41, 5.74) is 1.15. The Morgan fingerprint density at radius 1 is 1.50 bits per heavy atom. The fourth-order valence-electron chi connectivity index (χ4n) is 2.00. The minimum atomic E-state index is 0.602. The second-order valence-corrected chi connectivity index (χ2v) is 4.83. The molecule has 3 heterocycles. The van der Waals surface area contributed by atoms with Crippen LogP contribution in [-0.4, -0.2) is 32.8 Å². The van der Waals surface area contributed by atoms with Crippen LogP contribution in [-0.2, 0) is 6.42 Å². The fourth-order valence-corrected chi connectivity index (χ4v) is 2.78. The van der Waals surface area contributed by atoms with Gasteiger partial charge in [-0.2, -0.15) is 5.10 Å². The summed E-state index contributed by atoms with van der Waals surface area (Å²) in [6.07, 6.45) is 5.07. The molecule has 0 amide bonds. The van der Waals surface area contributed by atoms with E-state index < -0.39 is 0 Å². The van der Waals surface area contributed by atoms with E-state index in [0.717, 1.165) is 29.5 Å². The molecule has 0 saturated carbocycles. The van der Waals surface area contributed by atoms with E-state index in [2.05, 4.69) is 30.9 Å². The second kappa shape index (κ2) is 4.31. The number of hydrogen-bond acceptors (Lipinski definition) is 5. The van der Waals surface area contributed by atoms with Crippen LogP contribution in [0.2, 0.25) is 0 Å². The number of nitrogens with one attached hydrogen (secondary N) is 2. The number of aromatic amines is 1. The molecule has 0 spiro atoms. The van der Waals surface area contributed by atoms with E-state index in [-0.39, 0.29) is 0 Å². The predicted molar refractivity (Wildman–Crippen MR) is 62.2 cm³/mol. The summed E-state index contributed by atoms with van der Waals surface area (Å²) in [7, 11) is 0. The maximum absolute atomic E-state index is 4.56. The Labute approximate surface area is 97.3 Å². The Bertz CT molecular complexity index is 443. The molecule has 1 atom stereocenters. The minimum Gasteiger partial charge on any atom is -0.314 e. The van der Waals surface area contributed by atoms with Crippen molar-refractivity contribution in [1.29, 1.82) is 0 Å². The highest BCUT2D eigenvalue weighted by molar-refractivity contribution is 7.13. The predicted octanol–water partition coefficient (Wildman–Crippen LogP) is 1.22. The van der Waals surface area contributed by atoms with Crippen molar-refractivity contribution in [2.24, 2.45) is 0 Å². The molecule has 0 radical (unpaired) electrons. The second-order valence-electron chi connectivity index (χ2n) is 3.98. The third-order valence-electron chi connectivity index (χ3n) is 2.79. The fraction of sp³-hybridized carbons (Fsp3) is 0.500. The quantitative estimate of drug-likeness (QED) is 0.839. The minimum absolute atomic E-state index is 0.602. The van der Waals surface area contributed by atoms with Crippen LogP contribution < -0.4 is 5.32 Å². The summed E-state index contributed by atoms with van der Waals surface area (Å²) < 4.78 is 0. The molecule has 1 fully saturated rings. The number of hydrogen-bond donors (Lipinski definition) is 2. The highest BCUT2D eigenvalue weighted by atomic mass is 32.1. The van der Waals surface area contributed by atoms with E-state index in [1.54, 1.807) is 11.3 Å². The van der Waals surface area contributed by atoms with E-state index in [4.69, 9.17) is 0 Å². The summed E-state index contributed by atoms with van der Waals surface area (Å²) in [6.45, 7) is 1.14. The first-order valence-electron chi connectivity index (χ1n) is 5.45. The topological polar surface area (TPSA) is 66.5 Å². The van der Waals surface area contributed by atoms with Gasteiger partial charge in [0.15, 0.2) is 10.8 Å². The maximum Gasteiger partial charge on any atom is 0.184 e. The van der Waals surface area contributed by atoms with Crippen LogP contribution in [0.15, 0.2) is 11.7 Å². The van der Waals surface area contributed by atoms with Crippen LogP contribution in [0.1, 0.15) is 18.5 Å². The number of H-pyrrole nitrogens is 1. The largest absolute Gasteiger partial charge is 0.314 e. The zero-order valence-corrected chi connectivity index (χ0v) is 9.63. The number of nitrogens with zero attached hydrogens (tertiary/aromatic N) is 3. The van der Waals surface area contributed by atoms with Crippen molar-refractivity contribution in [3.63, 3.8) is 0 Å². The van der Waals surface area contributed by atoms with Crippen LogP contribution >= 0.6 is 11.3 Å². The molecule has 0 bridgehead atoms. The van der Waals surface area contributed by atoms with Gasteiger partial charge in [-0.05, 0) is 19.4 Å². The van der Waals surface area contributed by atoms with Crippen molar-refractivity contribution >= 4 is 11.3 Å². The van der Waals surface area contributed by atoms with Crippen LogP contribution in [0, 0.1) is 0 Å². The van der Waals surface area contributed by atoms with Crippen molar-refractivity contribution in [2.45, 2.75) is 25.3 Å². The van der Waals surface area contributed by atoms with Crippen molar-refractivity contribution in [3.05, 3.63) is 17.4 Å². The number of thiazole rings is 1. The highest BCUT2D eigenvalue weighted by Crippen LogP contribution is 2.21. The lowest BCUT2D eigenvalue weighted by Gasteiger charge is -2.06. The van der Waals surface area contributed by atoms with Crippen molar-refractivity contribution < 1.29 is 0 Å². The Hall–Kier alpha value is -1.27. The lowest BCUT2D eigenvalue weighted by molar-refractivity contribution is 0.597. The molecule has 2 aromatic rings. The molecule has 84 valence electrons. The molecule has 2 N–H and O–H groups in total. The molecule has 3 rings (SSSR count). The first kappa shape index (κ1) is 9.92. The van der Waals surface area contributed by atoms with Gasteiger partial charge in [0.1, 0.15) is 6.33 Å². The summed E-state index contributed by atoms with van der Waals surface area (Å²) in [6, 6.07) is 0.602. The standard InChI is InChI=1S/C10H13N5S/c1-2-7(11-3-1)4-8-5-16-10(14-8)9-12-6-13-15-9/h5-7,11H,1-4H2,(H,12,13,15). The Morgan fingerprint density at radius 3 is 3.25 bits per heavy atom. The molecule has 0 aliphatic carbocycles. The average molecular weight is 235 g/mol. The normalized spacial score (nSPS) is 20.4. The molecule has 0 aromatic carbocycles. The lowest BCUT2D eigenvalue weighted by Crippen LogP contribution is -2.23. The molecule has 1 unspecified atom stereocenters. The van der Waals surface area contributed by atoms with Crippen LogP contribution in [0.25, 0.3) is 10.8 Å². The summed E-state index contributed by atoms with van der Waals surface area (Å²) in [5, 5.41) is 13.2. The van der Waals surface area contributed by atoms with Crippen molar-refractivity contribution in [1.82, 2.24) is 25.5 Å². The summed E-state index contributed by atoms with van der Waals surface area (Å²) >= 11 is 1.62. The van der Waals surface area contributed by atoms with E-state index in [9.17, 15) is 0 Å². The van der Waals surface area contributed by atoms with Gasteiger partial charge in [-0.15, -0.1) is 11.3 Å². The van der Waals surface area contributed by atoms with Gasteiger partial charge in [-0.3, -0.25) is 5.10 Å². The van der Waals surface area contributed by atoms with Crippen LogP contribution in [0.3, 0.4) is 0 Å². The third kappa shape index (κ3) is 1.98. The SMILES string of the molecule is c1n[nH]c(-c2nc(CC3CCCN3)cs2)n1. The lowest BCUT2D eigenvalue weighted by atomic mass is 10.1. The molecule has 16 heavy (non-hydrogen) atoms. The molecular weight excluding hydrogens is 222 g/mol. The van der Waals surface area contributed by atoms with Gasteiger partial charge in [0.05, 0.1) is 5.69 Å².